The summed E-state index contributed by atoms with van der Waals surface area (Å²) in [5.74, 6) is 1.60. The number of carbonyl (C=O) groups is 1. The first-order valence-corrected chi connectivity index (χ1v) is 7.22. The third-order valence-corrected chi connectivity index (χ3v) is 3.31. The van der Waals surface area contributed by atoms with Crippen molar-refractivity contribution >= 4 is 17.5 Å². The predicted molar refractivity (Wildman–Crippen MR) is 86.5 cm³/mol. The first kappa shape index (κ1) is 15.8. The number of ether oxygens (including phenoxy) is 1. The maximum atomic E-state index is 12.2. The van der Waals surface area contributed by atoms with Gasteiger partial charge in [-0.25, -0.2) is 0 Å². The van der Waals surface area contributed by atoms with Gasteiger partial charge in [0.2, 0.25) is 0 Å². The van der Waals surface area contributed by atoms with Crippen LogP contribution in [0.5, 0.6) is 5.75 Å². The molecule has 1 heterocycles. The molecule has 0 bridgehead atoms. The second-order valence-corrected chi connectivity index (χ2v) is 4.64. The van der Waals surface area contributed by atoms with E-state index in [-0.39, 0.29) is 5.91 Å². The standard InChI is InChI=1S/C16H20N4O2/c1-4-20(5-2)15-10-9-14(18-19-15)17-16(21)12-7-6-8-13(11-12)22-3/h6-11H,4-5H2,1-3H3,(H,17,18,21). The highest BCUT2D eigenvalue weighted by Gasteiger charge is 2.09. The number of anilines is 2. The molecular weight excluding hydrogens is 280 g/mol. The summed E-state index contributed by atoms with van der Waals surface area (Å²) < 4.78 is 5.11. The smallest absolute Gasteiger partial charge is 0.256 e. The molecule has 0 fully saturated rings. The van der Waals surface area contributed by atoms with Crippen molar-refractivity contribution in [2.45, 2.75) is 13.8 Å². The first-order chi connectivity index (χ1) is 10.7. The Morgan fingerprint density at radius 2 is 1.95 bits per heavy atom. The number of benzene rings is 1. The zero-order valence-corrected chi connectivity index (χ0v) is 13.0. The molecule has 0 atom stereocenters. The summed E-state index contributed by atoms with van der Waals surface area (Å²) in [6.07, 6.45) is 0. The summed E-state index contributed by atoms with van der Waals surface area (Å²) in [6.45, 7) is 5.84. The van der Waals surface area contributed by atoms with Crippen LogP contribution in [0.4, 0.5) is 11.6 Å². The van der Waals surface area contributed by atoms with E-state index in [0.29, 0.717) is 17.1 Å². The maximum Gasteiger partial charge on any atom is 0.256 e. The molecule has 116 valence electrons. The van der Waals surface area contributed by atoms with Gasteiger partial charge in [-0.3, -0.25) is 4.79 Å². The normalized spacial score (nSPS) is 10.1. The summed E-state index contributed by atoms with van der Waals surface area (Å²) in [5, 5.41) is 10.9. The van der Waals surface area contributed by atoms with Crippen LogP contribution in [0.1, 0.15) is 24.2 Å². The van der Waals surface area contributed by atoms with Crippen LogP contribution in [-0.2, 0) is 0 Å². The van der Waals surface area contributed by atoms with Gasteiger partial charge >= 0.3 is 0 Å². The van der Waals surface area contributed by atoms with Crippen LogP contribution in [0, 0.1) is 0 Å². The Kier molecular flexibility index (Phi) is 5.30. The van der Waals surface area contributed by atoms with E-state index in [1.807, 2.05) is 6.07 Å². The third-order valence-electron chi connectivity index (χ3n) is 3.31. The lowest BCUT2D eigenvalue weighted by Gasteiger charge is -2.18. The molecule has 1 aromatic carbocycles. The van der Waals surface area contributed by atoms with Crippen molar-refractivity contribution in [3.63, 3.8) is 0 Å². The number of nitrogens with zero attached hydrogens (tertiary/aromatic N) is 3. The molecule has 0 saturated heterocycles. The zero-order chi connectivity index (χ0) is 15.9. The summed E-state index contributed by atoms with van der Waals surface area (Å²) in [6, 6.07) is 10.5. The van der Waals surface area contributed by atoms with Crippen LogP contribution < -0.4 is 15.0 Å². The number of hydrogen-bond acceptors (Lipinski definition) is 5. The number of nitrogens with one attached hydrogen (secondary N) is 1. The van der Waals surface area contributed by atoms with Gasteiger partial charge in [0.25, 0.3) is 5.91 Å². The van der Waals surface area contributed by atoms with Gasteiger partial charge in [-0.15, -0.1) is 10.2 Å². The summed E-state index contributed by atoms with van der Waals surface area (Å²) >= 11 is 0. The Bertz CT molecular complexity index is 624. The van der Waals surface area contributed by atoms with Crippen molar-refractivity contribution in [2.24, 2.45) is 0 Å². The minimum absolute atomic E-state index is 0.246. The summed E-state index contributed by atoms with van der Waals surface area (Å²) in [4.78, 5) is 14.3. The van der Waals surface area contributed by atoms with Crippen molar-refractivity contribution in [1.29, 1.82) is 0 Å². The quantitative estimate of drug-likeness (QED) is 0.888. The SMILES string of the molecule is CCN(CC)c1ccc(NC(=O)c2cccc(OC)c2)nn1. The minimum atomic E-state index is -0.246. The molecule has 0 saturated carbocycles. The molecule has 6 heteroatoms. The van der Waals surface area contributed by atoms with Gasteiger partial charge in [0, 0.05) is 18.7 Å². The molecule has 1 aromatic heterocycles. The molecule has 0 aliphatic carbocycles. The lowest BCUT2D eigenvalue weighted by molar-refractivity contribution is 0.102. The van der Waals surface area contributed by atoms with Gasteiger partial charge in [0.15, 0.2) is 11.6 Å². The van der Waals surface area contributed by atoms with Crippen molar-refractivity contribution < 1.29 is 9.53 Å². The van der Waals surface area contributed by atoms with Crippen LogP contribution in [0.15, 0.2) is 36.4 Å². The van der Waals surface area contributed by atoms with E-state index in [9.17, 15) is 4.79 Å². The largest absolute Gasteiger partial charge is 0.497 e. The molecule has 0 spiro atoms. The molecule has 1 N–H and O–H groups in total. The molecule has 2 aromatic rings. The second-order valence-electron chi connectivity index (χ2n) is 4.64. The average molecular weight is 300 g/mol. The Labute approximate surface area is 130 Å². The first-order valence-electron chi connectivity index (χ1n) is 7.22. The molecular formula is C16H20N4O2. The summed E-state index contributed by atoms with van der Waals surface area (Å²) in [5.41, 5.74) is 0.508. The van der Waals surface area contributed by atoms with Gasteiger partial charge in [-0.1, -0.05) is 6.07 Å². The van der Waals surface area contributed by atoms with Gasteiger partial charge in [0.1, 0.15) is 5.75 Å². The lowest BCUT2D eigenvalue weighted by atomic mass is 10.2. The van der Waals surface area contributed by atoms with Gasteiger partial charge in [-0.2, -0.15) is 0 Å². The van der Waals surface area contributed by atoms with Gasteiger partial charge in [-0.05, 0) is 44.2 Å². The van der Waals surface area contributed by atoms with Crippen molar-refractivity contribution in [3.8, 4) is 5.75 Å². The van der Waals surface area contributed by atoms with E-state index >= 15 is 0 Å². The molecule has 0 aliphatic rings. The number of methoxy groups -OCH3 is 1. The second kappa shape index (κ2) is 7.40. The van der Waals surface area contributed by atoms with Crippen LogP contribution in [0.2, 0.25) is 0 Å². The number of rotatable bonds is 6. The Morgan fingerprint density at radius 1 is 1.18 bits per heavy atom. The average Bonchev–Trinajstić information content (AvgIpc) is 2.57. The van der Waals surface area contributed by atoms with Crippen molar-refractivity contribution in [3.05, 3.63) is 42.0 Å². The number of carbonyl (C=O) groups excluding carboxylic acids is 1. The topological polar surface area (TPSA) is 67.4 Å². The van der Waals surface area contributed by atoms with Crippen LogP contribution in [0.3, 0.4) is 0 Å². The van der Waals surface area contributed by atoms with E-state index in [1.54, 1.807) is 37.4 Å². The molecule has 2 rings (SSSR count). The Hall–Kier alpha value is -2.63. The molecule has 1 amide bonds. The highest BCUT2D eigenvalue weighted by molar-refractivity contribution is 6.03. The Morgan fingerprint density at radius 3 is 2.55 bits per heavy atom. The van der Waals surface area contributed by atoms with Crippen molar-refractivity contribution in [2.75, 3.05) is 30.4 Å². The fraction of sp³-hybridized carbons (Fsp3) is 0.312. The highest BCUT2D eigenvalue weighted by Crippen LogP contribution is 2.15. The number of amides is 1. The van der Waals surface area contributed by atoms with Gasteiger partial charge in [0.05, 0.1) is 7.11 Å². The molecule has 0 radical (unpaired) electrons. The van der Waals surface area contributed by atoms with Crippen LogP contribution >= 0.6 is 0 Å². The molecule has 0 unspecified atom stereocenters. The van der Waals surface area contributed by atoms with E-state index in [4.69, 9.17) is 4.74 Å². The van der Waals surface area contributed by atoms with Crippen molar-refractivity contribution in [1.82, 2.24) is 10.2 Å². The maximum absolute atomic E-state index is 12.2. The van der Waals surface area contributed by atoms with E-state index < -0.39 is 0 Å². The highest BCUT2D eigenvalue weighted by atomic mass is 16.5. The third kappa shape index (κ3) is 3.72. The van der Waals surface area contributed by atoms with Gasteiger partial charge < -0.3 is 15.0 Å². The monoisotopic (exact) mass is 300 g/mol. The number of aromatic nitrogens is 2. The van der Waals surface area contributed by atoms with Crippen LogP contribution in [-0.4, -0.2) is 36.3 Å². The minimum Gasteiger partial charge on any atom is -0.497 e. The summed E-state index contributed by atoms with van der Waals surface area (Å²) in [7, 11) is 1.56. The van der Waals surface area contributed by atoms with Crippen LogP contribution in [0.25, 0.3) is 0 Å². The van der Waals surface area contributed by atoms with E-state index in [2.05, 4.69) is 34.3 Å². The molecule has 0 aliphatic heterocycles. The fourth-order valence-electron chi connectivity index (χ4n) is 2.06. The lowest BCUT2D eigenvalue weighted by Crippen LogP contribution is -2.23. The fourth-order valence-corrected chi connectivity index (χ4v) is 2.06. The van der Waals surface area contributed by atoms with E-state index in [0.717, 1.165) is 18.9 Å². The molecule has 22 heavy (non-hydrogen) atoms. The van der Waals surface area contributed by atoms with E-state index in [1.165, 1.54) is 0 Å². The number of hydrogen-bond donors (Lipinski definition) is 1. The zero-order valence-electron chi connectivity index (χ0n) is 13.0. The predicted octanol–water partition coefficient (Wildman–Crippen LogP) is 2.58. The molecule has 6 nitrogen and oxygen atoms in total. The Balaban J connectivity index is 2.08.